The summed E-state index contributed by atoms with van der Waals surface area (Å²) in [7, 11) is 0. The zero-order valence-electron chi connectivity index (χ0n) is 14.6. The van der Waals surface area contributed by atoms with Crippen LogP contribution in [0.1, 0.15) is 17.4 Å². The summed E-state index contributed by atoms with van der Waals surface area (Å²) < 4.78 is 16.9. The third-order valence-electron chi connectivity index (χ3n) is 3.98. The zero-order chi connectivity index (χ0) is 18.4. The number of hydrogen-bond acceptors (Lipinski definition) is 7. The molecule has 0 spiro atoms. The molecule has 140 valence electrons. The fraction of sp³-hybridized carbons (Fsp3) is 0.444. The van der Waals surface area contributed by atoms with Crippen LogP contribution in [0.2, 0.25) is 0 Å². The monoisotopic (exact) mass is 378 g/mol. The van der Waals surface area contributed by atoms with E-state index in [4.69, 9.17) is 19.3 Å². The van der Waals surface area contributed by atoms with Gasteiger partial charge in [0, 0.05) is 30.6 Å². The van der Waals surface area contributed by atoms with Gasteiger partial charge in [0.15, 0.2) is 17.2 Å². The normalized spacial score (nSPS) is 15.0. The number of morpholine rings is 1. The number of benzene rings is 1. The standard InChI is InChI=1S/C18H22N2O5S/c1-2-24-16-11-13(17-19-14(12-26-17)18(21)22)3-4-15(16)25-10-7-20-5-8-23-9-6-20/h3-4,11-12H,2,5-10H2,1H3,(H,21,22). The Bertz CT molecular complexity index is 743. The molecule has 2 aromatic rings. The maximum Gasteiger partial charge on any atom is 0.355 e. The van der Waals surface area contributed by atoms with Gasteiger partial charge in [-0.25, -0.2) is 9.78 Å². The number of thiazole rings is 1. The van der Waals surface area contributed by atoms with Crippen molar-refractivity contribution in [3.8, 4) is 22.1 Å². The number of aromatic nitrogens is 1. The molecule has 0 unspecified atom stereocenters. The third kappa shape index (κ3) is 4.72. The lowest BCUT2D eigenvalue weighted by atomic mass is 10.2. The number of rotatable bonds is 8. The van der Waals surface area contributed by atoms with Crippen molar-refractivity contribution in [2.24, 2.45) is 0 Å². The number of carbonyl (C=O) groups is 1. The van der Waals surface area contributed by atoms with Crippen molar-refractivity contribution in [3.05, 3.63) is 29.3 Å². The van der Waals surface area contributed by atoms with Crippen molar-refractivity contribution < 1.29 is 24.1 Å². The van der Waals surface area contributed by atoms with E-state index in [1.807, 2.05) is 25.1 Å². The highest BCUT2D eigenvalue weighted by atomic mass is 32.1. The first kappa shape index (κ1) is 18.6. The van der Waals surface area contributed by atoms with Gasteiger partial charge in [-0.05, 0) is 25.1 Å². The molecule has 0 atom stereocenters. The van der Waals surface area contributed by atoms with Gasteiger partial charge in [0.2, 0.25) is 0 Å². The van der Waals surface area contributed by atoms with E-state index in [0.29, 0.717) is 29.7 Å². The summed E-state index contributed by atoms with van der Waals surface area (Å²) in [6, 6.07) is 5.57. The van der Waals surface area contributed by atoms with Crippen LogP contribution in [-0.2, 0) is 4.74 Å². The second-order valence-corrected chi connectivity index (χ2v) is 6.60. The predicted octanol–water partition coefficient (Wildman–Crippen LogP) is 2.62. The molecule has 1 aliphatic heterocycles. The van der Waals surface area contributed by atoms with Crippen molar-refractivity contribution in [2.75, 3.05) is 46.1 Å². The summed E-state index contributed by atoms with van der Waals surface area (Å²) in [5.74, 6) is 0.290. The lowest BCUT2D eigenvalue weighted by molar-refractivity contribution is 0.0321. The molecule has 0 aliphatic carbocycles. The van der Waals surface area contributed by atoms with E-state index in [-0.39, 0.29) is 5.69 Å². The Kier molecular flexibility index (Phi) is 6.43. The zero-order valence-corrected chi connectivity index (χ0v) is 15.5. The lowest BCUT2D eigenvalue weighted by Crippen LogP contribution is -2.38. The predicted molar refractivity (Wildman–Crippen MR) is 98.4 cm³/mol. The van der Waals surface area contributed by atoms with Crippen molar-refractivity contribution >= 4 is 17.3 Å². The van der Waals surface area contributed by atoms with Gasteiger partial charge in [0.05, 0.1) is 19.8 Å². The average molecular weight is 378 g/mol. The van der Waals surface area contributed by atoms with Crippen LogP contribution in [0.3, 0.4) is 0 Å². The van der Waals surface area contributed by atoms with E-state index in [1.54, 1.807) is 0 Å². The van der Waals surface area contributed by atoms with Gasteiger partial charge in [0.1, 0.15) is 11.6 Å². The Hall–Kier alpha value is -2.16. The third-order valence-corrected chi connectivity index (χ3v) is 4.87. The molecule has 2 heterocycles. The van der Waals surface area contributed by atoms with E-state index in [9.17, 15) is 4.79 Å². The topological polar surface area (TPSA) is 81.1 Å². The van der Waals surface area contributed by atoms with Gasteiger partial charge in [0.25, 0.3) is 0 Å². The molecule has 1 aliphatic rings. The van der Waals surface area contributed by atoms with Gasteiger partial charge < -0.3 is 19.3 Å². The van der Waals surface area contributed by atoms with Gasteiger partial charge in [-0.3, -0.25) is 4.90 Å². The first-order chi connectivity index (χ1) is 12.7. The van der Waals surface area contributed by atoms with Crippen LogP contribution in [-0.4, -0.2) is 67.0 Å². The Labute approximate surface area is 156 Å². The Morgan fingerprint density at radius 3 is 2.81 bits per heavy atom. The molecule has 7 nitrogen and oxygen atoms in total. The quantitative estimate of drug-likeness (QED) is 0.756. The second kappa shape index (κ2) is 8.98. The lowest BCUT2D eigenvalue weighted by Gasteiger charge is -2.26. The maximum absolute atomic E-state index is 11.0. The molecule has 0 amide bonds. The van der Waals surface area contributed by atoms with Gasteiger partial charge in [-0.1, -0.05) is 0 Å². The molecular formula is C18H22N2O5S. The van der Waals surface area contributed by atoms with E-state index in [0.717, 1.165) is 38.4 Å². The van der Waals surface area contributed by atoms with Crippen molar-refractivity contribution in [2.45, 2.75) is 6.92 Å². The van der Waals surface area contributed by atoms with Gasteiger partial charge in [-0.15, -0.1) is 11.3 Å². The molecule has 1 N–H and O–H groups in total. The van der Waals surface area contributed by atoms with Crippen LogP contribution in [0.25, 0.3) is 10.6 Å². The highest BCUT2D eigenvalue weighted by Gasteiger charge is 2.14. The summed E-state index contributed by atoms with van der Waals surface area (Å²) in [6.07, 6.45) is 0. The minimum Gasteiger partial charge on any atom is -0.490 e. The average Bonchev–Trinajstić information content (AvgIpc) is 3.14. The largest absolute Gasteiger partial charge is 0.490 e. The Morgan fingerprint density at radius 1 is 1.31 bits per heavy atom. The van der Waals surface area contributed by atoms with E-state index in [1.165, 1.54) is 16.7 Å². The molecule has 1 fully saturated rings. The summed E-state index contributed by atoms with van der Waals surface area (Å²) in [6.45, 7) is 7.23. The smallest absolute Gasteiger partial charge is 0.355 e. The Balaban J connectivity index is 1.68. The second-order valence-electron chi connectivity index (χ2n) is 5.74. The van der Waals surface area contributed by atoms with Crippen molar-refractivity contribution in [3.63, 3.8) is 0 Å². The molecular weight excluding hydrogens is 356 g/mol. The fourth-order valence-corrected chi connectivity index (χ4v) is 3.43. The maximum atomic E-state index is 11.0. The Morgan fingerprint density at radius 2 is 2.12 bits per heavy atom. The van der Waals surface area contributed by atoms with E-state index in [2.05, 4.69) is 9.88 Å². The van der Waals surface area contributed by atoms with Crippen molar-refractivity contribution in [1.29, 1.82) is 0 Å². The number of aromatic carboxylic acids is 1. The fourth-order valence-electron chi connectivity index (χ4n) is 2.64. The summed E-state index contributed by atoms with van der Waals surface area (Å²) in [5, 5.41) is 11.2. The van der Waals surface area contributed by atoms with Crippen LogP contribution < -0.4 is 9.47 Å². The first-order valence-electron chi connectivity index (χ1n) is 8.56. The van der Waals surface area contributed by atoms with Crippen LogP contribution in [0.4, 0.5) is 0 Å². The molecule has 0 radical (unpaired) electrons. The molecule has 1 aromatic heterocycles. The minimum absolute atomic E-state index is 0.0498. The summed E-state index contributed by atoms with van der Waals surface area (Å²) in [5.41, 5.74) is 0.861. The molecule has 1 saturated heterocycles. The summed E-state index contributed by atoms with van der Waals surface area (Å²) >= 11 is 1.29. The number of ether oxygens (including phenoxy) is 3. The molecule has 8 heteroatoms. The molecule has 1 aromatic carbocycles. The van der Waals surface area contributed by atoms with Gasteiger partial charge >= 0.3 is 5.97 Å². The molecule has 0 bridgehead atoms. The molecule has 0 saturated carbocycles. The van der Waals surface area contributed by atoms with Crippen molar-refractivity contribution in [1.82, 2.24) is 9.88 Å². The highest BCUT2D eigenvalue weighted by Crippen LogP contribution is 2.34. The van der Waals surface area contributed by atoms with Gasteiger partial charge in [-0.2, -0.15) is 0 Å². The first-order valence-corrected chi connectivity index (χ1v) is 9.44. The summed E-state index contributed by atoms with van der Waals surface area (Å²) in [4.78, 5) is 17.5. The van der Waals surface area contributed by atoms with Crippen LogP contribution in [0.5, 0.6) is 11.5 Å². The SMILES string of the molecule is CCOc1cc(-c2nc(C(=O)O)cs2)ccc1OCCN1CCOCC1. The number of nitrogens with zero attached hydrogens (tertiary/aromatic N) is 2. The van der Waals surface area contributed by atoms with E-state index >= 15 is 0 Å². The number of carboxylic acids is 1. The van der Waals surface area contributed by atoms with Crippen LogP contribution in [0.15, 0.2) is 23.6 Å². The van der Waals surface area contributed by atoms with Crippen LogP contribution >= 0.6 is 11.3 Å². The van der Waals surface area contributed by atoms with Crippen LogP contribution in [0, 0.1) is 0 Å². The highest BCUT2D eigenvalue weighted by molar-refractivity contribution is 7.13. The van der Waals surface area contributed by atoms with E-state index < -0.39 is 5.97 Å². The molecule has 26 heavy (non-hydrogen) atoms. The number of hydrogen-bond donors (Lipinski definition) is 1. The minimum atomic E-state index is -1.03. The molecule has 3 rings (SSSR count). The number of carboxylic acid groups (broad SMARTS) is 1.